The van der Waals surface area contributed by atoms with Crippen molar-refractivity contribution < 1.29 is 17.3 Å². The molecule has 0 spiro atoms. The normalized spacial score (nSPS) is 14.7. The molecule has 5 aromatic rings. The monoisotopic (exact) mass is 542 g/mol. The first-order valence-corrected chi connectivity index (χ1v) is 14.4. The molecule has 2 aliphatic heterocycles. The van der Waals surface area contributed by atoms with Crippen molar-refractivity contribution in [2.45, 2.75) is 19.6 Å². The van der Waals surface area contributed by atoms with E-state index in [9.17, 15) is 13.2 Å². The van der Waals surface area contributed by atoms with E-state index in [4.69, 9.17) is 8.83 Å². The lowest BCUT2D eigenvalue weighted by Gasteiger charge is -2.17. The molecule has 0 N–H and O–H groups in total. The van der Waals surface area contributed by atoms with Crippen molar-refractivity contribution in [1.82, 2.24) is 0 Å². The molecule has 0 unspecified atom stereocenters. The maximum absolute atomic E-state index is 13.0. The average molecular weight is 543 g/mol. The molecule has 0 saturated carbocycles. The van der Waals surface area contributed by atoms with Gasteiger partial charge in [0, 0.05) is 19.6 Å². The molecule has 0 atom stereocenters. The number of hydrogen-bond donors (Lipinski definition) is 0. The van der Waals surface area contributed by atoms with E-state index in [1.165, 1.54) is 19.6 Å². The highest BCUT2D eigenvalue weighted by Crippen LogP contribution is 2.47. The van der Waals surface area contributed by atoms with E-state index >= 15 is 0 Å². The predicted octanol–water partition coefficient (Wildman–Crippen LogP) is 5.28. The van der Waals surface area contributed by atoms with Gasteiger partial charge in [0.15, 0.2) is 10.8 Å². The number of rotatable bonds is 2. The fourth-order valence-corrected chi connectivity index (χ4v) is 8.24. The van der Waals surface area contributed by atoms with Gasteiger partial charge in [-0.25, -0.2) is 13.2 Å². The molecule has 0 bridgehead atoms. The zero-order valence-electron chi connectivity index (χ0n) is 19.2. The molecule has 8 heteroatoms. The van der Waals surface area contributed by atoms with Crippen LogP contribution in [0.15, 0.2) is 142 Å². The molecule has 2 aliphatic rings. The van der Waals surface area contributed by atoms with Crippen LogP contribution in [0.5, 0.6) is 0 Å². The van der Waals surface area contributed by atoms with Crippen LogP contribution in [0.25, 0.3) is 9.81 Å². The summed E-state index contributed by atoms with van der Waals surface area (Å²) in [5.41, 5.74) is 0.813. The van der Waals surface area contributed by atoms with Crippen molar-refractivity contribution in [1.29, 1.82) is 0 Å². The molecule has 0 saturated heterocycles. The molecule has 1 aromatic heterocycles. The van der Waals surface area contributed by atoms with Gasteiger partial charge in [0.2, 0.25) is 9.84 Å². The van der Waals surface area contributed by atoms with Gasteiger partial charge in [-0.2, -0.15) is 0 Å². The van der Waals surface area contributed by atoms with Crippen molar-refractivity contribution in [3.05, 3.63) is 142 Å². The van der Waals surface area contributed by atoms with Crippen LogP contribution >= 0.6 is 23.5 Å². The summed E-state index contributed by atoms with van der Waals surface area (Å²) in [6, 6.07) is 34.2. The first-order valence-electron chi connectivity index (χ1n) is 11.3. The van der Waals surface area contributed by atoms with E-state index in [1.807, 2.05) is 23.5 Å². The summed E-state index contributed by atoms with van der Waals surface area (Å²) in [4.78, 5) is 16.9. The van der Waals surface area contributed by atoms with Gasteiger partial charge in [0.1, 0.15) is 9.81 Å². The van der Waals surface area contributed by atoms with Crippen molar-refractivity contribution in [2.75, 3.05) is 0 Å². The van der Waals surface area contributed by atoms with Crippen molar-refractivity contribution in [3.63, 3.8) is 0 Å². The van der Waals surface area contributed by atoms with Crippen LogP contribution < -0.4 is 16.7 Å². The van der Waals surface area contributed by atoms with Gasteiger partial charge in [-0.05, 0) is 35.4 Å². The first kappa shape index (κ1) is 23.7. The fourth-order valence-electron chi connectivity index (χ4n) is 4.15. The molecule has 7 rings (SSSR count). The zero-order valence-corrected chi connectivity index (χ0v) is 21.6. The van der Waals surface area contributed by atoms with Gasteiger partial charge >= 0.3 is 5.82 Å². The Kier molecular flexibility index (Phi) is 6.16. The van der Waals surface area contributed by atoms with Crippen molar-refractivity contribution in [3.8, 4) is 0 Å². The second kappa shape index (κ2) is 9.63. The summed E-state index contributed by atoms with van der Waals surface area (Å²) >= 11 is 3.72. The topological polar surface area (TPSA) is 77.5 Å². The maximum atomic E-state index is 13.0. The summed E-state index contributed by atoms with van der Waals surface area (Å²) in [6.45, 7) is 0. The third-order valence-electron chi connectivity index (χ3n) is 5.74. The molecule has 0 aliphatic carbocycles. The fraction of sp³-hybridized carbons (Fsp3) is 0. The lowest BCUT2D eigenvalue weighted by molar-refractivity contribution is 0.370. The Labute approximate surface area is 221 Å². The highest BCUT2D eigenvalue weighted by molar-refractivity contribution is 8.09. The van der Waals surface area contributed by atoms with Gasteiger partial charge in [0.25, 0.3) is 0 Å². The highest BCUT2D eigenvalue weighted by atomic mass is 32.2. The van der Waals surface area contributed by atoms with E-state index in [0.717, 1.165) is 0 Å². The molecule has 0 radical (unpaired) electrons. The van der Waals surface area contributed by atoms with Crippen LogP contribution in [0.2, 0.25) is 0 Å². The second-order valence-corrected chi connectivity index (χ2v) is 12.1. The molecule has 5 nitrogen and oxygen atoms in total. The number of fused-ring (bicyclic) bond motifs is 3. The lowest BCUT2D eigenvalue weighted by atomic mass is 10.2. The van der Waals surface area contributed by atoms with E-state index in [0.29, 0.717) is 11.1 Å². The van der Waals surface area contributed by atoms with Crippen LogP contribution in [0, 0.1) is 0 Å². The van der Waals surface area contributed by atoms with Crippen LogP contribution in [0.3, 0.4) is 0 Å². The Morgan fingerprint density at radius 1 is 0.486 bits per heavy atom. The summed E-state index contributed by atoms with van der Waals surface area (Å²) < 4.78 is 36.1. The van der Waals surface area contributed by atoms with E-state index in [-0.39, 0.29) is 20.6 Å². The minimum Gasteiger partial charge on any atom is -0.389 e. The van der Waals surface area contributed by atoms with Crippen molar-refractivity contribution in [2.24, 2.45) is 0 Å². The Hall–Kier alpha value is -3.72. The highest BCUT2D eigenvalue weighted by Gasteiger charge is 2.37. The molecule has 0 amide bonds. The summed E-state index contributed by atoms with van der Waals surface area (Å²) in [7, 11) is -3.86. The van der Waals surface area contributed by atoms with Gasteiger partial charge in [-0.15, -0.1) is 0 Å². The minimum absolute atomic E-state index is 0.0416. The Morgan fingerprint density at radius 3 is 1.16 bits per heavy atom. The molecular formula is C29H18O5S3. The smallest absolute Gasteiger partial charge is 0.389 e. The Balaban J connectivity index is 0.000000153. The predicted molar refractivity (Wildman–Crippen MR) is 144 cm³/mol. The first-order chi connectivity index (χ1) is 18.0. The second-order valence-electron chi connectivity index (χ2n) is 8.10. The van der Waals surface area contributed by atoms with Gasteiger partial charge in [-0.1, -0.05) is 108 Å². The minimum atomic E-state index is -3.86. The van der Waals surface area contributed by atoms with E-state index in [2.05, 4.69) is 48.5 Å². The standard InChI is InChI=1S/C17H10O5S.C12H8S2/c18-17-21-13-14(22-17)16(12-9-5-2-6-10-12)23(19,20)15(13)11-7-3-1-4-8-11;1-2-6-10-9(5-1)13-11-7-3-4-8-12(11)14-10/h1-10H;1-8H. The molecular weight excluding hydrogens is 525 g/mol. The van der Waals surface area contributed by atoms with Crippen molar-refractivity contribution >= 4 is 43.2 Å². The van der Waals surface area contributed by atoms with Gasteiger partial charge < -0.3 is 8.83 Å². The average Bonchev–Trinajstić information content (AvgIpc) is 3.38. The van der Waals surface area contributed by atoms with Crippen LogP contribution in [0.4, 0.5) is 0 Å². The molecule has 3 heterocycles. The third-order valence-corrected chi connectivity index (χ3v) is 10.2. The van der Waals surface area contributed by atoms with Crippen LogP contribution in [-0.2, 0) is 9.84 Å². The number of benzene rings is 4. The molecule has 0 fully saturated rings. The SMILES string of the molecule is O=c1oc2c(o1)=C(c1ccccc1)S(=O)(=O)C=2c1ccccc1.c1ccc2c(c1)Sc1ccccc1S2. The summed E-state index contributed by atoms with van der Waals surface area (Å²) in [5, 5.41) is 0. The maximum Gasteiger partial charge on any atom is 0.519 e. The number of hydrogen-bond acceptors (Lipinski definition) is 7. The summed E-state index contributed by atoms with van der Waals surface area (Å²) in [5.74, 6) is -0.924. The van der Waals surface area contributed by atoms with Crippen LogP contribution in [0.1, 0.15) is 11.1 Å². The quantitative estimate of drug-likeness (QED) is 0.295. The Bertz CT molecular complexity index is 1730. The van der Waals surface area contributed by atoms with Crippen LogP contribution in [-0.4, -0.2) is 8.42 Å². The Morgan fingerprint density at radius 2 is 0.811 bits per heavy atom. The third kappa shape index (κ3) is 4.37. The lowest BCUT2D eigenvalue weighted by Crippen LogP contribution is -2.19. The van der Waals surface area contributed by atoms with E-state index in [1.54, 1.807) is 60.7 Å². The van der Waals surface area contributed by atoms with E-state index < -0.39 is 15.7 Å². The van der Waals surface area contributed by atoms with Gasteiger partial charge in [0.05, 0.1) is 0 Å². The largest absolute Gasteiger partial charge is 0.519 e. The summed E-state index contributed by atoms with van der Waals surface area (Å²) in [6.07, 6.45) is 0. The van der Waals surface area contributed by atoms with Gasteiger partial charge in [-0.3, -0.25) is 0 Å². The molecule has 4 aromatic carbocycles. The molecule has 182 valence electrons. The zero-order chi connectivity index (χ0) is 25.4. The number of sulfone groups is 1. The molecule has 37 heavy (non-hydrogen) atoms.